The van der Waals surface area contributed by atoms with Crippen LogP contribution in [-0.4, -0.2) is 47.8 Å². The Morgan fingerprint density at radius 2 is 2.29 bits per heavy atom. The van der Waals surface area contributed by atoms with E-state index in [4.69, 9.17) is 4.74 Å². The number of aliphatic hydroxyl groups is 1. The van der Waals surface area contributed by atoms with Crippen molar-refractivity contribution in [2.45, 2.75) is 38.2 Å². The maximum Gasteiger partial charge on any atom is 0.251 e. The van der Waals surface area contributed by atoms with Crippen molar-refractivity contribution in [3.63, 3.8) is 0 Å². The summed E-state index contributed by atoms with van der Waals surface area (Å²) in [5.41, 5.74) is 0. The zero-order chi connectivity index (χ0) is 12.8. The van der Waals surface area contributed by atoms with Gasteiger partial charge in [0.2, 0.25) is 6.41 Å². The molecule has 6 heteroatoms. The fourth-order valence-electron chi connectivity index (χ4n) is 1.69. The Morgan fingerprint density at radius 3 is 2.82 bits per heavy atom. The summed E-state index contributed by atoms with van der Waals surface area (Å²) in [7, 11) is 1.78. The first-order chi connectivity index (χ1) is 8.04. The highest BCUT2D eigenvalue weighted by Crippen LogP contribution is 2.24. The van der Waals surface area contributed by atoms with Gasteiger partial charge in [0.15, 0.2) is 0 Å². The van der Waals surface area contributed by atoms with Crippen LogP contribution in [0.3, 0.4) is 0 Å². The zero-order valence-corrected chi connectivity index (χ0v) is 10.00. The van der Waals surface area contributed by atoms with Crippen molar-refractivity contribution in [2.75, 3.05) is 7.05 Å². The fraction of sp³-hybridized carbons (Fsp3) is 0.636. The van der Waals surface area contributed by atoms with Crippen LogP contribution in [0.15, 0.2) is 12.3 Å². The largest absolute Gasteiger partial charge is 0.391 e. The van der Waals surface area contributed by atoms with E-state index < -0.39 is 12.0 Å². The van der Waals surface area contributed by atoms with Gasteiger partial charge in [-0.3, -0.25) is 14.9 Å². The molecule has 3 unspecified atom stereocenters. The number of amides is 2. The lowest BCUT2D eigenvalue weighted by Gasteiger charge is -2.23. The molecule has 1 aliphatic heterocycles. The molecule has 0 aromatic carbocycles. The molecule has 0 radical (unpaired) electrons. The van der Waals surface area contributed by atoms with Gasteiger partial charge < -0.3 is 14.7 Å². The van der Waals surface area contributed by atoms with Crippen molar-refractivity contribution in [1.29, 1.82) is 0 Å². The summed E-state index contributed by atoms with van der Waals surface area (Å²) >= 11 is 0. The number of imide groups is 1. The summed E-state index contributed by atoms with van der Waals surface area (Å²) < 4.78 is 5.60. The van der Waals surface area contributed by atoms with Gasteiger partial charge in [-0.15, -0.1) is 0 Å². The third-order valence-electron chi connectivity index (χ3n) is 2.68. The normalized spacial score (nSPS) is 25.8. The third kappa shape index (κ3) is 4.16. The number of nitrogens with zero attached hydrogens (tertiary/aromatic N) is 1. The molecular weight excluding hydrogens is 224 g/mol. The van der Waals surface area contributed by atoms with Crippen LogP contribution in [0.25, 0.3) is 0 Å². The predicted molar refractivity (Wildman–Crippen MR) is 60.7 cm³/mol. The number of nitrogens with one attached hydrogen (secondary N) is 1. The smallest absolute Gasteiger partial charge is 0.251 e. The molecule has 0 saturated carbocycles. The highest BCUT2D eigenvalue weighted by molar-refractivity contribution is 5.94. The van der Waals surface area contributed by atoms with E-state index in [0.29, 0.717) is 6.41 Å². The lowest BCUT2D eigenvalue weighted by Crippen LogP contribution is -2.30. The topological polar surface area (TPSA) is 78.9 Å². The minimum atomic E-state index is -0.490. The van der Waals surface area contributed by atoms with E-state index in [1.54, 1.807) is 25.1 Å². The number of rotatable bonds is 5. The Bertz CT molecular complexity index is 304. The average molecular weight is 242 g/mol. The SMILES string of the molecule is CC(O)C1CCC(N(C)/C=C\C(=O)NC=O)O1. The Balaban J connectivity index is 2.41. The number of carbonyl (C=O) groups excluding carboxylic acids is 2. The van der Waals surface area contributed by atoms with Gasteiger partial charge in [0.25, 0.3) is 5.91 Å². The number of ether oxygens (including phenoxy) is 1. The van der Waals surface area contributed by atoms with Gasteiger partial charge in [0, 0.05) is 19.3 Å². The monoisotopic (exact) mass is 242 g/mol. The molecule has 0 bridgehead atoms. The molecule has 1 heterocycles. The van der Waals surface area contributed by atoms with Crippen LogP contribution < -0.4 is 5.32 Å². The number of hydrogen-bond acceptors (Lipinski definition) is 5. The predicted octanol–water partition coefficient (Wildman–Crippen LogP) is -0.410. The molecule has 1 saturated heterocycles. The van der Waals surface area contributed by atoms with Crippen LogP contribution in [0.5, 0.6) is 0 Å². The van der Waals surface area contributed by atoms with Crippen LogP contribution in [0.2, 0.25) is 0 Å². The lowest BCUT2D eigenvalue weighted by atomic mass is 10.1. The first kappa shape index (κ1) is 13.7. The molecule has 96 valence electrons. The van der Waals surface area contributed by atoms with E-state index in [0.717, 1.165) is 12.8 Å². The zero-order valence-electron chi connectivity index (χ0n) is 10.00. The Hall–Kier alpha value is -1.40. The van der Waals surface area contributed by atoms with Crippen molar-refractivity contribution in [2.24, 2.45) is 0 Å². The lowest BCUT2D eigenvalue weighted by molar-refractivity contribution is -0.121. The van der Waals surface area contributed by atoms with E-state index in [1.807, 2.05) is 5.32 Å². The molecule has 17 heavy (non-hydrogen) atoms. The van der Waals surface area contributed by atoms with Crippen molar-refractivity contribution < 1.29 is 19.4 Å². The average Bonchev–Trinajstić information content (AvgIpc) is 2.75. The number of hydrogen-bond donors (Lipinski definition) is 2. The van der Waals surface area contributed by atoms with Gasteiger partial charge in [0.1, 0.15) is 6.23 Å². The van der Waals surface area contributed by atoms with Gasteiger partial charge in [-0.25, -0.2) is 0 Å². The summed E-state index contributed by atoms with van der Waals surface area (Å²) in [4.78, 5) is 22.7. The summed E-state index contributed by atoms with van der Waals surface area (Å²) in [6.45, 7) is 1.69. The quantitative estimate of drug-likeness (QED) is 0.506. The molecule has 1 aliphatic rings. The third-order valence-corrected chi connectivity index (χ3v) is 2.68. The van der Waals surface area contributed by atoms with E-state index in [2.05, 4.69) is 0 Å². The van der Waals surface area contributed by atoms with E-state index >= 15 is 0 Å². The molecule has 6 nitrogen and oxygen atoms in total. The molecule has 1 fully saturated rings. The van der Waals surface area contributed by atoms with E-state index in [-0.39, 0.29) is 12.3 Å². The van der Waals surface area contributed by atoms with Crippen molar-refractivity contribution in [1.82, 2.24) is 10.2 Å². The minimum absolute atomic E-state index is 0.144. The van der Waals surface area contributed by atoms with Gasteiger partial charge in [-0.2, -0.15) is 0 Å². The maximum atomic E-state index is 11.0. The second kappa shape index (κ2) is 6.36. The second-order valence-electron chi connectivity index (χ2n) is 4.05. The van der Waals surface area contributed by atoms with Crippen molar-refractivity contribution >= 4 is 12.3 Å². The van der Waals surface area contributed by atoms with Gasteiger partial charge in [0.05, 0.1) is 12.2 Å². The van der Waals surface area contributed by atoms with Crippen LogP contribution in [0.1, 0.15) is 19.8 Å². The molecule has 3 atom stereocenters. The highest BCUT2D eigenvalue weighted by atomic mass is 16.5. The molecule has 1 rings (SSSR count). The van der Waals surface area contributed by atoms with E-state index in [9.17, 15) is 14.7 Å². The van der Waals surface area contributed by atoms with Crippen LogP contribution >= 0.6 is 0 Å². The van der Waals surface area contributed by atoms with Gasteiger partial charge in [-0.05, 0) is 19.8 Å². The maximum absolute atomic E-state index is 11.0. The van der Waals surface area contributed by atoms with Crippen molar-refractivity contribution in [3.8, 4) is 0 Å². The summed E-state index contributed by atoms with van der Waals surface area (Å²) in [5.74, 6) is -0.475. The Morgan fingerprint density at radius 1 is 1.59 bits per heavy atom. The first-order valence-electron chi connectivity index (χ1n) is 5.52. The molecular formula is C11H18N2O4. The summed E-state index contributed by atoms with van der Waals surface area (Å²) in [6, 6.07) is 0. The molecule has 0 aromatic rings. The molecule has 2 amide bonds. The van der Waals surface area contributed by atoms with Crippen molar-refractivity contribution in [3.05, 3.63) is 12.3 Å². The first-order valence-corrected chi connectivity index (χ1v) is 5.52. The Kier molecular flexibility index (Phi) is 5.11. The molecule has 2 N–H and O–H groups in total. The fourth-order valence-corrected chi connectivity index (χ4v) is 1.69. The Labute approximate surface area is 100 Å². The summed E-state index contributed by atoms with van der Waals surface area (Å²) in [6.07, 6.45) is 3.95. The summed E-state index contributed by atoms with van der Waals surface area (Å²) in [5, 5.41) is 11.4. The van der Waals surface area contributed by atoms with E-state index in [1.165, 1.54) is 6.08 Å². The number of aliphatic hydroxyl groups excluding tert-OH is 1. The van der Waals surface area contributed by atoms with Gasteiger partial charge in [-0.1, -0.05) is 0 Å². The standard InChI is InChI=1S/C11H18N2O4/c1-8(15)9-3-4-11(17-9)13(2)6-5-10(16)12-7-14/h5-9,11,15H,3-4H2,1-2H3,(H,12,14,16)/b6-5-. The van der Waals surface area contributed by atoms with Crippen LogP contribution in [0.4, 0.5) is 0 Å². The molecule has 0 aromatic heterocycles. The van der Waals surface area contributed by atoms with Gasteiger partial charge >= 0.3 is 0 Å². The number of carbonyl (C=O) groups is 2. The highest BCUT2D eigenvalue weighted by Gasteiger charge is 2.29. The molecule has 0 spiro atoms. The minimum Gasteiger partial charge on any atom is -0.391 e. The van der Waals surface area contributed by atoms with Crippen LogP contribution in [0, 0.1) is 0 Å². The van der Waals surface area contributed by atoms with Crippen LogP contribution in [-0.2, 0) is 14.3 Å². The molecule has 0 aliphatic carbocycles. The second-order valence-corrected chi connectivity index (χ2v) is 4.05.